The van der Waals surface area contributed by atoms with Crippen LogP contribution in [0, 0.1) is 0 Å². The Morgan fingerprint density at radius 3 is 2.70 bits per heavy atom. The second-order valence-corrected chi connectivity index (χ2v) is 6.07. The maximum Gasteiger partial charge on any atom is 0.227 e. The third kappa shape index (κ3) is 3.73. The molecule has 1 aliphatic heterocycles. The van der Waals surface area contributed by atoms with Gasteiger partial charge in [0.2, 0.25) is 5.91 Å². The monoisotopic (exact) mass is 309 g/mol. The third-order valence-corrected chi connectivity index (χ3v) is 4.40. The summed E-state index contributed by atoms with van der Waals surface area (Å²) in [6.45, 7) is 3.58. The quantitative estimate of drug-likeness (QED) is 0.838. The molecule has 0 saturated carbocycles. The smallest absolute Gasteiger partial charge is 0.227 e. The van der Waals surface area contributed by atoms with Crippen LogP contribution in [0.15, 0.2) is 54.6 Å². The molecule has 0 radical (unpaired) electrons. The van der Waals surface area contributed by atoms with Crippen LogP contribution in [0.1, 0.15) is 37.7 Å². The van der Waals surface area contributed by atoms with E-state index in [0.717, 1.165) is 30.8 Å². The Hall–Kier alpha value is -2.29. The van der Waals surface area contributed by atoms with Crippen molar-refractivity contribution >= 4 is 11.6 Å². The number of rotatable bonds is 4. The van der Waals surface area contributed by atoms with Gasteiger partial charge in [0, 0.05) is 13.0 Å². The third-order valence-electron chi connectivity index (χ3n) is 4.40. The first-order valence-electron chi connectivity index (χ1n) is 8.33. The number of para-hydroxylation sites is 2. The molecule has 0 fully saturated rings. The molecule has 120 valence electrons. The number of amides is 1. The predicted octanol–water partition coefficient (Wildman–Crippen LogP) is 4.39. The molecule has 0 N–H and O–H groups in total. The molecule has 1 amide bonds. The number of carbonyl (C=O) groups excluding carboxylic acids is 1. The van der Waals surface area contributed by atoms with Gasteiger partial charge >= 0.3 is 0 Å². The molecule has 3 rings (SSSR count). The maximum atomic E-state index is 12.7. The molecule has 3 nitrogen and oxygen atoms in total. The van der Waals surface area contributed by atoms with Crippen molar-refractivity contribution in [2.24, 2.45) is 0 Å². The van der Waals surface area contributed by atoms with E-state index in [1.165, 1.54) is 5.56 Å². The number of anilines is 1. The lowest BCUT2D eigenvalue weighted by Gasteiger charge is -2.22. The highest BCUT2D eigenvalue weighted by Gasteiger charge is 2.22. The molecule has 0 aliphatic carbocycles. The summed E-state index contributed by atoms with van der Waals surface area (Å²) in [5.74, 6) is 1.39. The Kier molecular flexibility index (Phi) is 4.96. The van der Waals surface area contributed by atoms with E-state index in [-0.39, 0.29) is 5.91 Å². The Labute approximate surface area is 137 Å². The Balaban J connectivity index is 1.66. The van der Waals surface area contributed by atoms with Crippen LogP contribution in [0.3, 0.4) is 0 Å². The van der Waals surface area contributed by atoms with Crippen molar-refractivity contribution in [2.45, 2.75) is 32.1 Å². The van der Waals surface area contributed by atoms with Gasteiger partial charge in [-0.25, -0.2) is 0 Å². The van der Waals surface area contributed by atoms with Crippen molar-refractivity contribution in [1.82, 2.24) is 0 Å². The van der Waals surface area contributed by atoms with E-state index in [1.54, 1.807) is 0 Å². The Morgan fingerprint density at radius 1 is 1.13 bits per heavy atom. The molecule has 1 unspecified atom stereocenters. The zero-order chi connectivity index (χ0) is 16.1. The average Bonchev–Trinajstić information content (AvgIpc) is 2.82. The lowest BCUT2D eigenvalue weighted by Crippen LogP contribution is -2.31. The molecule has 1 atom stereocenters. The maximum absolute atomic E-state index is 12.7. The number of ether oxygens (including phenoxy) is 1. The van der Waals surface area contributed by atoms with Crippen LogP contribution >= 0.6 is 0 Å². The highest BCUT2D eigenvalue weighted by Crippen LogP contribution is 2.31. The molecule has 0 bridgehead atoms. The van der Waals surface area contributed by atoms with Gasteiger partial charge in [-0.05, 0) is 36.5 Å². The molecular weight excluding hydrogens is 286 g/mol. The number of hydrogen-bond acceptors (Lipinski definition) is 2. The number of benzene rings is 2. The lowest BCUT2D eigenvalue weighted by molar-refractivity contribution is -0.118. The van der Waals surface area contributed by atoms with E-state index in [1.807, 2.05) is 35.2 Å². The number of hydrogen-bond donors (Lipinski definition) is 0. The summed E-state index contributed by atoms with van der Waals surface area (Å²) in [4.78, 5) is 14.6. The molecule has 0 saturated heterocycles. The minimum Gasteiger partial charge on any atom is -0.491 e. The van der Waals surface area contributed by atoms with Gasteiger partial charge in [0.15, 0.2) is 0 Å². The van der Waals surface area contributed by atoms with E-state index < -0.39 is 0 Å². The molecule has 3 heteroatoms. The first kappa shape index (κ1) is 15.6. The van der Waals surface area contributed by atoms with Crippen molar-refractivity contribution in [3.63, 3.8) is 0 Å². The van der Waals surface area contributed by atoms with Crippen molar-refractivity contribution in [1.29, 1.82) is 0 Å². The van der Waals surface area contributed by atoms with Gasteiger partial charge in [0.05, 0.1) is 12.3 Å². The van der Waals surface area contributed by atoms with E-state index in [4.69, 9.17) is 4.74 Å². The average molecular weight is 309 g/mol. The summed E-state index contributed by atoms with van der Waals surface area (Å²) in [7, 11) is 0. The van der Waals surface area contributed by atoms with E-state index in [2.05, 4.69) is 31.2 Å². The molecule has 23 heavy (non-hydrogen) atoms. The predicted molar refractivity (Wildman–Crippen MR) is 93.0 cm³/mol. The molecule has 1 aliphatic rings. The van der Waals surface area contributed by atoms with Crippen molar-refractivity contribution in [3.8, 4) is 5.75 Å². The van der Waals surface area contributed by atoms with Crippen LogP contribution in [-0.2, 0) is 4.79 Å². The lowest BCUT2D eigenvalue weighted by atomic mass is 9.96. The fourth-order valence-electron chi connectivity index (χ4n) is 3.01. The number of carbonyl (C=O) groups is 1. The number of fused-ring (bicyclic) bond motifs is 1. The van der Waals surface area contributed by atoms with Crippen LogP contribution in [0.2, 0.25) is 0 Å². The molecule has 0 spiro atoms. The Morgan fingerprint density at radius 2 is 1.87 bits per heavy atom. The minimum atomic E-state index is 0.186. The summed E-state index contributed by atoms with van der Waals surface area (Å²) in [5, 5.41) is 0. The first-order valence-corrected chi connectivity index (χ1v) is 8.33. The minimum absolute atomic E-state index is 0.186. The van der Waals surface area contributed by atoms with Gasteiger partial charge < -0.3 is 9.64 Å². The van der Waals surface area contributed by atoms with E-state index in [0.29, 0.717) is 18.9 Å². The van der Waals surface area contributed by atoms with Gasteiger partial charge in [-0.3, -0.25) is 4.79 Å². The van der Waals surface area contributed by atoms with Crippen molar-refractivity contribution in [2.75, 3.05) is 18.1 Å². The van der Waals surface area contributed by atoms with Crippen LogP contribution in [-0.4, -0.2) is 19.1 Å². The fourth-order valence-corrected chi connectivity index (χ4v) is 3.01. The fraction of sp³-hybridized carbons (Fsp3) is 0.350. The summed E-state index contributed by atoms with van der Waals surface area (Å²) in [6, 6.07) is 18.2. The highest BCUT2D eigenvalue weighted by atomic mass is 16.5. The molecule has 2 aromatic carbocycles. The van der Waals surface area contributed by atoms with Crippen LogP contribution in [0.5, 0.6) is 5.75 Å². The standard InChI is InChI=1S/C20H23NO2/c1-16(17-8-3-2-4-9-17)12-13-20(22)21-14-7-15-23-19-11-6-5-10-18(19)21/h2-6,8-11,16H,7,12-15H2,1H3. The van der Waals surface area contributed by atoms with Gasteiger partial charge in [-0.1, -0.05) is 49.4 Å². The van der Waals surface area contributed by atoms with Crippen LogP contribution < -0.4 is 9.64 Å². The second kappa shape index (κ2) is 7.32. The summed E-state index contributed by atoms with van der Waals surface area (Å²) >= 11 is 0. The summed E-state index contributed by atoms with van der Waals surface area (Å²) in [5.41, 5.74) is 2.20. The normalized spacial score (nSPS) is 15.3. The molecule has 0 aromatic heterocycles. The van der Waals surface area contributed by atoms with Gasteiger partial charge in [-0.15, -0.1) is 0 Å². The highest BCUT2D eigenvalue weighted by molar-refractivity contribution is 5.95. The topological polar surface area (TPSA) is 29.5 Å². The Bertz CT molecular complexity index is 654. The molecular formula is C20H23NO2. The van der Waals surface area contributed by atoms with Crippen LogP contribution in [0.4, 0.5) is 5.69 Å². The van der Waals surface area contributed by atoms with Crippen molar-refractivity contribution in [3.05, 3.63) is 60.2 Å². The van der Waals surface area contributed by atoms with Gasteiger partial charge in [0.25, 0.3) is 0 Å². The summed E-state index contributed by atoms with van der Waals surface area (Å²) in [6.07, 6.45) is 2.29. The summed E-state index contributed by atoms with van der Waals surface area (Å²) < 4.78 is 5.73. The molecule has 2 aromatic rings. The zero-order valence-corrected chi connectivity index (χ0v) is 13.6. The van der Waals surface area contributed by atoms with Crippen LogP contribution in [0.25, 0.3) is 0 Å². The van der Waals surface area contributed by atoms with E-state index in [9.17, 15) is 4.79 Å². The SMILES string of the molecule is CC(CCC(=O)N1CCCOc2ccccc21)c1ccccc1. The number of nitrogens with zero attached hydrogens (tertiary/aromatic N) is 1. The van der Waals surface area contributed by atoms with Crippen molar-refractivity contribution < 1.29 is 9.53 Å². The van der Waals surface area contributed by atoms with Gasteiger partial charge in [-0.2, -0.15) is 0 Å². The first-order chi connectivity index (χ1) is 11.3. The van der Waals surface area contributed by atoms with Gasteiger partial charge in [0.1, 0.15) is 5.75 Å². The van der Waals surface area contributed by atoms with E-state index >= 15 is 0 Å². The zero-order valence-electron chi connectivity index (χ0n) is 13.6. The largest absolute Gasteiger partial charge is 0.491 e. The molecule has 1 heterocycles. The second-order valence-electron chi connectivity index (χ2n) is 6.07.